The number of anilines is 2. The van der Waals surface area contributed by atoms with Gasteiger partial charge in [0.2, 0.25) is 16.9 Å². The van der Waals surface area contributed by atoms with Gasteiger partial charge in [-0.3, -0.25) is 14.4 Å². The Hall–Kier alpha value is -2.26. The molecule has 118 valence electrons. The van der Waals surface area contributed by atoms with E-state index in [0.717, 1.165) is 21.7 Å². The number of thioether (sulfide) groups is 1. The number of hydrogen-bond acceptors (Lipinski definition) is 7. The Kier molecular flexibility index (Phi) is 4.39. The molecule has 9 heteroatoms. The first-order valence-electron chi connectivity index (χ1n) is 6.74. The van der Waals surface area contributed by atoms with Crippen LogP contribution in [0.2, 0.25) is 0 Å². The molecule has 0 bridgehead atoms. The molecule has 3 amide bonds. The van der Waals surface area contributed by atoms with Crippen molar-refractivity contribution < 1.29 is 14.4 Å². The number of benzene rings is 1. The normalized spacial score (nSPS) is 17.6. The second kappa shape index (κ2) is 6.47. The number of amides is 3. The van der Waals surface area contributed by atoms with E-state index < -0.39 is 5.25 Å². The van der Waals surface area contributed by atoms with Gasteiger partial charge in [0.15, 0.2) is 0 Å². The zero-order chi connectivity index (χ0) is 16.4. The first-order valence-corrected chi connectivity index (χ1v) is 8.44. The molecular weight excluding hydrogens is 336 g/mol. The van der Waals surface area contributed by atoms with Crippen LogP contribution in [0, 0.1) is 6.92 Å². The van der Waals surface area contributed by atoms with Crippen LogP contribution in [0.3, 0.4) is 0 Å². The smallest absolute Gasteiger partial charge is 0.293 e. The van der Waals surface area contributed by atoms with Gasteiger partial charge in [0.25, 0.3) is 5.24 Å². The lowest BCUT2D eigenvalue weighted by atomic mass is 10.2. The summed E-state index contributed by atoms with van der Waals surface area (Å²) >= 11 is 2.11. The molecule has 2 aromatic rings. The fraction of sp³-hybridized carbons (Fsp3) is 0.214. The minimum Gasteiger partial charge on any atom is -0.300 e. The van der Waals surface area contributed by atoms with E-state index in [1.54, 1.807) is 37.3 Å². The van der Waals surface area contributed by atoms with E-state index in [2.05, 4.69) is 15.5 Å². The van der Waals surface area contributed by atoms with Crippen molar-refractivity contribution in [2.75, 3.05) is 10.2 Å². The fourth-order valence-electron chi connectivity index (χ4n) is 2.08. The van der Waals surface area contributed by atoms with Gasteiger partial charge in [-0.2, -0.15) is 0 Å². The van der Waals surface area contributed by atoms with Gasteiger partial charge in [0, 0.05) is 6.42 Å². The number of aryl methyl sites for hydroxylation is 1. The van der Waals surface area contributed by atoms with Gasteiger partial charge in [-0.1, -0.05) is 29.5 Å². The molecule has 0 radical (unpaired) electrons. The Morgan fingerprint density at radius 3 is 2.65 bits per heavy atom. The molecule has 1 aromatic carbocycles. The van der Waals surface area contributed by atoms with Gasteiger partial charge in [0.1, 0.15) is 10.3 Å². The van der Waals surface area contributed by atoms with Crippen LogP contribution in [-0.4, -0.2) is 32.5 Å². The van der Waals surface area contributed by atoms with Gasteiger partial charge in [0.05, 0.1) is 5.69 Å². The molecule has 1 atom stereocenters. The maximum absolute atomic E-state index is 12.4. The van der Waals surface area contributed by atoms with E-state index in [1.807, 2.05) is 0 Å². The second-order valence-corrected chi connectivity index (χ2v) is 7.10. The van der Waals surface area contributed by atoms with Crippen LogP contribution in [-0.2, 0) is 9.59 Å². The van der Waals surface area contributed by atoms with Crippen LogP contribution < -0.4 is 10.2 Å². The van der Waals surface area contributed by atoms with Crippen LogP contribution >= 0.6 is 23.1 Å². The van der Waals surface area contributed by atoms with Crippen LogP contribution in [0.4, 0.5) is 15.6 Å². The monoisotopic (exact) mass is 348 g/mol. The molecule has 1 aliphatic rings. The zero-order valence-electron chi connectivity index (χ0n) is 12.1. The van der Waals surface area contributed by atoms with Crippen molar-refractivity contribution in [3.63, 3.8) is 0 Å². The Morgan fingerprint density at radius 1 is 1.26 bits per heavy atom. The summed E-state index contributed by atoms with van der Waals surface area (Å²) < 4.78 is 0. The SMILES string of the molecule is Cc1nnc(NC(=O)C[C@H]2SC(=O)N(c3ccccc3)C2=O)s1. The molecule has 7 nitrogen and oxygen atoms in total. The molecule has 3 rings (SSSR count). The molecular formula is C14H12N4O3S2. The molecule has 0 aliphatic carbocycles. The van der Waals surface area contributed by atoms with E-state index >= 15 is 0 Å². The first-order chi connectivity index (χ1) is 11.0. The van der Waals surface area contributed by atoms with Gasteiger partial charge >= 0.3 is 0 Å². The number of nitrogens with one attached hydrogen (secondary N) is 1. The topological polar surface area (TPSA) is 92.3 Å². The number of para-hydroxylation sites is 1. The molecule has 1 saturated heterocycles. The summed E-state index contributed by atoms with van der Waals surface area (Å²) in [5.74, 6) is -0.746. The average Bonchev–Trinajstić information content (AvgIpc) is 3.04. The highest BCUT2D eigenvalue weighted by molar-refractivity contribution is 8.15. The Morgan fingerprint density at radius 2 is 2.00 bits per heavy atom. The van der Waals surface area contributed by atoms with Gasteiger partial charge in [-0.15, -0.1) is 10.2 Å². The molecule has 1 aliphatic heterocycles. The van der Waals surface area contributed by atoms with E-state index in [1.165, 1.54) is 11.3 Å². The highest BCUT2D eigenvalue weighted by Gasteiger charge is 2.41. The van der Waals surface area contributed by atoms with Crippen LogP contribution in [0.5, 0.6) is 0 Å². The Balaban J connectivity index is 1.66. The predicted molar refractivity (Wildman–Crippen MR) is 88.6 cm³/mol. The van der Waals surface area contributed by atoms with Crippen LogP contribution in [0.15, 0.2) is 30.3 Å². The first kappa shape index (κ1) is 15.6. The highest BCUT2D eigenvalue weighted by Crippen LogP contribution is 2.33. The minimum atomic E-state index is -0.725. The summed E-state index contributed by atoms with van der Waals surface area (Å²) in [5.41, 5.74) is 0.512. The average molecular weight is 348 g/mol. The van der Waals surface area contributed by atoms with Gasteiger partial charge in [-0.25, -0.2) is 4.90 Å². The molecule has 0 unspecified atom stereocenters. The number of aromatic nitrogens is 2. The molecule has 0 spiro atoms. The summed E-state index contributed by atoms with van der Waals surface area (Å²) in [6.07, 6.45) is -0.0861. The standard InChI is InChI=1S/C14H12N4O3S2/c1-8-16-17-13(22-8)15-11(19)7-10-12(20)18(14(21)23-10)9-5-3-2-4-6-9/h2-6,10H,7H2,1H3,(H,15,17,19)/t10-/m1/s1. The number of carbonyl (C=O) groups is 3. The van der Waals surface area contributed by atoms with Crippen molar-refractivity contribution in [2.45, 2.75) is 18.6 Å². The lowest BCUT2D eigenvalue weighted by molar-refractivity contribution is -0.121. The third-order valence-corrected chi connectivity index (χ3v) is 4.87. The van der Waals surface area contributed by atoms with Crippen molar-refractivity contribution in [1.29, 1.82) is 0 Å². The number of hydrogen-bond donors (Lipinski definition) is 1. The number of carbonyl (C=O) groups excluding carboxylic acids is 3. The maximum Gasteiger partial charge on any atom is 0.293 e. The van der Waals surface area contributed by atoms with E-state index in [4.69, 9.17) is 0 Å². The van der Waals surface area contributed by atoms with Gasteiger partial charge in [-0.05, 0) is 30.8 Å². The molecule has 23 heavy (non-hydrogen) atoms. The highest BCUT2D eigenvalue weighted by atomic mass is 32.2. The molecule has 1 aromatic heterocycles. The summed E-state index contributed by atoms with van der Waals surface area (Å²) in [5, 5.41) is 10.2. The summed E-state index contributed by atoms with van der Waals surface area (Å²) in [4.78, 5) is 37.6. The fourth-order valence-corrected chi connectivity index (χ4v) is 3.68. The summed E-state index contributed by atoms with van der Waals surface area (Å²) in [6.45, 7) is 1.78. The largest absolute Gasteiger partial charge is 0.300 e. The molecule has 2 heterocycles. The molecule has 1 N–H and O–H groups in total. The third-order valence-electron chi connectivity index (χ3n) is 3.08. The third kappa shape index (κ3) is 3.40. The lowest BCUT2D eigenvalue weighted by Crippen LogP contribution is -2.32. The Bertz CT molecular complexity index is 762. The zero-order valence-corrected chi connectivity index (χ0v) is 13.7. The molecule has 0 saturated carbocycles. The van der Waals surface area contributed by atoms with Crippen LogP contribution in [0.1, 0.15) is 11.4 Å². The van der Waals surface area contributed by atoms with Crippen molar-refractivity contribution >= 4 is 51.0 Å². The van der Waals surface area contributed by atoms with E-state index in [0.29, 0.717) is 10.8 Å². The lowest BCUT2D eigenvalue weighted by Gasteiger charge is -2.13. The van der Waals surface area contributed by atoms with Crippen LogP contribution in [0.25, 0.3) is 0 Å². The number of nitrogens with zero attached hydrogens (tertiary/aromatic N) is 3. The Labute approximate surface area is 140 Å². The van der Waals surface area contributed by atoms with Crippen molar-refractivity contribution in [3.05, 3.63) is 35.3 Å². The number of imide groups is 1. The number of rotatable bonds is 4. The van der Waals surface area contributed by atoms with Crippen molar-refractivity contribution in [2.24, 2.45) is 0 Å². The van der Waals surface area contributed by atoms with E-state index in [9.17, 15) is 14.4 Å². The summed E-state index contributed by atoms with van der Waals surface area (Å²) in [6, 6.07) is 8.67. The van der Waals surface area contributed by atoms with Crippen molar-refractivity contribution in [3.8, 4) is 0 Å². The summed E-state index contributed by atoms with van der Waals surface area (Å²) in [7, 11) is 0. The minimum absolute atomic E-state index is 0.0861. The second-order valence-electron chi connectivity index (χ2n) is 4.76. The molecule has 1 fully saturated rings. The maximum atomic E-state index is 12.4. The quantitative estimate of drug-likeness (QED) is 0.912. The predicted octanol–water partition coefficient (Wildman–Crippen LogP) is 2.44. The van der Waals surface area contributed by atoms with E-state index in [-0.39, 0.29) is 23.5 Å². The van der Waals surface area contributed by atoms with Crippen molar-refractivity contribution in [1.82, 2.24) is 10.2 Å². The van der Waals surface area contributed by atoms with Gasteiger partial charge < -0.3 is 5.32 Å².